The molecule has 2 N–H and O–H groups in total. The molecule has 0 aromatic heterocycles. The smallest absolute Gasteiger partial charge is 0.255 e. The first-order valence-corrected chi connectivity index (χ1v) is 8.27. The van der Waals surface area contributed by atoms with E-state index in [1.807, 2.05) is 13.8 Å². The van der Waals surface area contributed by atoms with Crippen LogP contribution in [0.25, 0.3) is 0 Å². The van der Waals surface area contributed by atoms with Gasteiger partial charge in [-0.05, 0) is 42.3 Å². The van der Waals surface area contributed by atoms with Crippen LogP contribution in [0.15, 0.2) is 42.5 Å². The van der Waals surface area contributed by atoms with E-state index in [4.69, 9.17) is 23.2 Å². The zero-order chi connectivity index (χ0) is 17.7. The maximum Gasteiger partial charge on any atom is 0.255 e. The molecule has 0 atom stereocenters. The summed E-state index contributed by atoms with van der Waals surface area (Å²) in [6.45, 7) is 4.61. The number of carbonyl (C=O) groups excluding carboxylic acids is 2. The van der Waals surface area contributed by atoms with Crippen LogP contribution in [0.1, 0.15) is 34.6 Å². The second-order valence-corrected chi connectivity index (χ2v) is 6.58. The minimum Gasteiger partial charge on any atom is -0.352 e. The lowest BCUT2D eigenvalue weighted by Gasteiger charge is -2.09. The van der Waals surface area contributed by atoms with E-state index in [0.717, 1.165) is 0 Å². The standard InChI is InChI=1S/C18H18Cl2N2O2/c1-11(2)10-21-17(23)12-4-3-5-13(8-12)18(24)22-14-6-7-15(19)16(20)9-14/h3-9,11H,10H2,1-2H3,(H,21,23)(H,22,24). The Balaban J connectivity index is 2.11. The molecule has 2 aromatic rings. The molecule has 2 rings (SSSR count). The summed E-state index contributed by atoms with van der Waals surface area (Å²) in [5.74, 6) is -0.171. The molecule has 0 aliphatic rings. The first-order chi connectivity index (χ1) is 11.4. The molecule has 0 radical (unpaired) electrons. The van der Waals surface area contributed by atoms with E-state index in [2.05, 4.69) is 10.6 Å². The molecule has 2 aromatic carbocycles. The molecular formula is C18H18Cl2N2O2. The van der Waals surface area contributed by atoms with E-state index < -0.39 is 0 Å². The van der Waals surface area contributed by atoms with Crippen LogP contribution < -0.4 is 10.6 Å². The molecular weight excluding hydrogens is 347 g/mol. The molecule has 0 aliphatic carbocycles. The van der Waals surface area contributed by atoms with Gasteiger partial charge in [0.25, 0.3) is 11.8 Å². The molecule has 24 heavy (non-hydrogen) atoms. The van der Waals surface area contributed by atoms with Gasteiger partial charge in [0.15, 0.2) is 0 Å². The van der Waals surface area contributed by atoms with E-state index >= 15 is 0 Å². The normalized spacial score (nSPS) is 10.5. The summed E-state index contributed by atoms with van der Waals surface area (Å²) < 4.78 is 0. The van der Waals surface area contributed by atoms with Crippen molar-refractivity contribution < 1.29 is 9.59 Å². The van der Waals surface area contributed by atoms with Gasteiger partial charge in [-0.3, -0.25) is 9.59 Å². The lowest BCUT2D eigenvalue weighted by atomic mass is 10.1. The molecule has 6 heteroatoms. The molecule has 0 aliphatic heterocycles. The van der Waals surface area contributed by atoms with Crippen LogP contribution in [0.2, 0.25) is 10.0 Å². The van der Waals surface area contributed by atoms with Crippen molar-refractivity contribution in [3.63, 3.8) is 0 Å². The number of benzene rings is 2. The van der Waals surface area contributed by atoms with Gasteiger partial charge in [-0.25, -0.2) is 0 Å². The number of nitrogens with one attached hydrogen (secondary N) is 2. The van der Waals surface area contributed by atoms with Gasteiger partial charge in [-0.15, -0.1) is 0 Å². The number of hydrogen-bond acceptors (Lipinski definition) is 2. The molecule has 0 spiro atoms. The Labute approximate surface area is 151 Å². The number of hydrogen-bond donors (Lipinski definition) is 2. The third-order valence-electron chi connectivity index (χ3n) is 3.24. The van der Waals surface area contributed by atoms with Crippen molar-refractivity contribution in [2.45, 2.75) is 13.8 Å². The van der Waals surface area contributed by atoms with Crippen LogP contribution >= 0.6 is 23.2 Å². The van der Waals surface area contributed by atoms with Crippen LogP contribution in [0.5, 0.6) is 0 Å². The van der Waals surface area contributed by atoms with E-state index in [0.29, 0.717) is 39.3 Å². The van der Waals surface area contributed by atoms with Gasteiger partial charge in [-0.2, -0.15) is 0 Å². The van der Waals surface area contributed by atoms with Crippen molar-refractivity contribution >= 4 is 40.7 Å². The Hall–Kier alpha value is -2.04. The van der Waals surface area contributed by atoms with Crippen molar-refractivity contribution in [2.75, 3.05) is 11.9 Å². The Kier molecular flexibility index (Phi) is 6.23. The highest BCUT2D eigenvalue weighted by Gasteiger charge is 2.11. The fraction of sp³-hybridized carbons (Fsp3) is 0.222. The monoisotopic (exact) mass is 364 g/mol. The van der Waals surface area contributed by atoms with Gasteiger partial charge in [0.2, 0.25) is 0 Å². The van der Waals surface area contributed by atoms with Crippen molar-refractivity contribution in [1.82, 2.24) is 5.32 Å². The van der Waals surface area contributed by atoms with Crippen LogP contribution in [0.4, 0.5) is 5.69 Å². The fourth-order valence-electron chi connectivity index (χ4n) is 1.98. The van der Waals surface area contributed by atoms with E-state index in [1.54, 1.807) is 42.5 Å². The highest BCUT2D eigenvalue weighted by Crippen LogP contribution is 2.25. The maximum atomic E-state index is 12.3. The molecule has 0 saturated heterocycles. The van der Waals surface area contributed by atoms with Crippen molar-refractivity contribution in [3.8, 4) is 0 Å². The SMILES string of the molecule is CC(C)CNC(=O)c1cccc(C(=O)Nc2ccc(Cl)c(Cl)c2)c1. The molecule has 0 unspecified atom stereocenters. The van der Waals surface area contributed by atoms with Gasteiger partial charge in [0.05, 0.1) is 10.0 Å². The summed E-state index contributed by atoms with van der Waals surface area (Å²) in [7, 11) is 0. The predicted octanol–water partition coefficient (Wildman–Crippen LogP) is 4.63. The maximum absolute atomic E-state index is 12.3. The molecule has 0 saturated carbocycles. The predicted molar refractivity (Wildman–Crippen MR) is 98.0 cm³/mol. The van der Waals surface area contributed by atoms with Crippen LogP contribution in [-0.4, -0.2) is 18.4 Å². The quantitative estimate of drug-likeness (QED) is 0.812. The van der Waals surface area contributed by atoms with Gasteiger partial charge in [0, 0.05) is 23.4 Å². The topological polar surface area (TPSA) is 58.2 Å². The fourth-order valence-corrected chi connectivity index (χ4v) is 2.28. The minimum absolute atomic E-state index is 0.201. The molecule has 4 nitrogen and oxygen atoms in total. The third kappa shape index (κ3) is 4.98. The highest BCUT2D eigenvalue weighted by molar-refractivity contribution is 6.42. The Morgan fingerprint density at radius 1 is 0.958 bits per heavy atom. The molecule has 0 heterocycles. The molecule has 2 amide bonds. The summed E-state index contributed by atoms with van der Waals surface area (Å²) in [6.07, 6.45) is 0. The number of rotatable bonds is 5. The largest absolute Gasteiger partial charge is 0.352 e. The lowest BCUT2D eigenvalue weighted by Crippen LogP contribution is -2.27. The number of anilines is 1. The van der Waals surface area contributed by atoms with Crippen LogP contribution in [0, 0.1) is 5.92 Å². The van der Waals surface area contributed by atoms with Crippen LogP contribution in [-0.2, 0) is 0 Å². The molecule has 126 valence electrons. The summed E-state index contributed by atoms with van der Waals surface area (Å²) in [4.78, 5) is 24.4. The Morgan fingerprint density at radius 3 is 2.25 bits per heavy atom. The van der Waals surface area contributed by atoms with Crippen molar-refractivity contribution in [3.05, 3.63) is 63.6 Å². The van der Waals surface area contributed by atoms with Crippen molar-refractivity contribution in [2.24, 2.45) is 5.92 Å². The zero-order valence-corrected chi connectivity index (χ0v) is 14.9. The van der Waals surface area contributed by atoms with Gasteiger partial charge >= 0.3 is 0 Å². The summed E-state index contributed by atoms with van der Waals surface area (Å²) >= 11 is 11.8. The third-order valence-corrected chi connectivity index (χ3v) is 3.97. The number of amides is 2. The molecule has 0 fully saturated rings. The van der Waals surface area contributed by atoms with Crippen molar-refractivity contribution in [1.29, 1.82) is 0 Å². The van der Waals surface area contributed by atoms with E-state index in [1.165, 1.54) is 0 Å². The van der Waals surface area contributed by atoms with E-state index in [-0.39, 0.29) is 11.8 Å². The summed E-state index contributed by atoms with van der Waals surface area (Å²) in [5.41, 5.74) is 1.36. The number of carbonyl (C=O) groups is 2. The average Bonchev–Trinajstić information content (AvgIpc) is 2.56. The van der Waals surface area contributed by atoms with Gasteiger partial charge in [0.1, 0.15) is 0 Å². The second kappa shape index (κ2) is 8.18. The van der Waals surface area contributed by atoms with Gasteiger partial charge in [-0.1, -0.05) is 43.1 Å². The zero-order valence-electron chi connectivity index (χ0n) is 13.4. The summed E-state index contributed by atoms with van der Waals surface area (Å²) in [5, 5.41) is 6.33. The Morgan fingerprint density at radius 2 is 1.62 bits per heavy atom. The lowest BCUT2D eigenvalue weighted by molar-refractivity contribution is 0.0949. The summed E-state index contributed by atoms with van der Waals surface area (Å²) in [6, 6.07) is 11.4. The highest BCUT2D eigenvalue weighted by atomic mass is 35.5. The first-order valence-electron chi connectivity index (χ1n) is 7.51. The second-order valence-electron chi connectivity index (χ2n) is 5.77. The first kappa shape index (κ1) is 18.3. The van der Waals surface area contributed by atoms with E-state index in [9.17, 15) is 9.59 Å². The van der Waals surface area contributed by atoms with Gasteiger partial charge < -0.3 is 10.6 Å². The molecule has 0 bridgehead atoms. The minimum atomic E-state index is -0.327. The van der Waals surface area contributed by atoms with Crippen LogP contribution in [0.3, 0.4) is 0 Å². The number of halogens is 2. The Bertz CT molecular complexity index is 760. The average molecular weight is 365 g/mol.